The number of anilines is 1. The number of rotatable bonds is 3. The molecule has 2 rings (SSSR count). The van der Waals surface area contributed by atoms with Gasteiger partial charge in [0, 0.05) is 0 Å². The summed E-state index contributed by atoms with van der Waals surface area (Å²) < 4.78 is 18.0. The Hall–Kier alpha value is -2.17. The van der Waals surface area contributed by atoms with Gasteiger partial charge in [0.2, 0.25) is 0 Å². The van der Waals surface area contributed by atoms with Crippen LogP contribution in [0.15, 0.2) is 36.8 Å². The molecule has 0 aliphatic rings. The van der Waals surface area contributed by atoms with E-state index in [0.29, 0.717) is 12.4 Å². The van der Waals surface area contributed by atoms with Crippen LogP contribution in [0.1, 0.15) is 5.56 Å². The minimum Gasteiger partial charge on any atom is -0.483 e. The van der Waals surface area contributed by atoms with Gasteiger partial charge in [-0.15, -0.1) is 0 Å². The van der Waals surface area contributed by atoms with Crippen molar-refractivity contribution in [1.29, 1.82) is 0 Å². The number of hydrogen-bond acceptors (Lipinski definition) is 4. The molecule has 4 nitrogen and oxygen atoms in total. The van der Waals surface area contributed by atoms with Gasteiger partial charge in [-0.05, 0) is 17.7 Å². The van der Waals surface area contributed by atoms with Gasteiger partial charge in [0.1, 0.15) is 18.8 Å². The Balaban J connectivity index is 2.02. The van der Waals surface area contributed by atoms with E-state index in [1.54, 1.807) is 12.1 Å². The zero-order valence-electron chi connectivity index (χ0n) is 8.43. The molecule has 0 saturated heterocycles. The van der Waals surface area contributed by atoms with Crippen LogP contribution in [0.3, 0.4) is 0 Å². The maximum Gasteiger partial charge on any atom is 0.180 e. The largest absolute Gasteiger partial charge is 0.483 e. The van der Waals surface area contributed by atoms with Crippen molar-refractivity contribution >= 4 is 5.82 Å². The lowest BCUT2D eigenvalue weighted by Gasteiger charge is -2.06. The van der Waals surface area contributed by atoms with Crippen molar-refractivity contribution in [2.24, 2.45) is 0 Å². The zero-order chi connectivity index (χ0) is 11.4. The van der Waals surface area contributed by atoms with Gasteiger partial charge in [-0.2, -0.15) is 0 Å². The molecule has 0 saturated carbocycles. The van der Waals surface area contributed by atoms with E-state index in [2.05, 4.69) is 9.97 Å². The molecule has 16 heavy (non-hydrogen) atoms. The summed E-state index contributed by atoms with van der Waals surface area (Å²) >= 11 is 0. The first kappa shape index (κ1) is 10.4. The maximum absolute atomic E-state index is 12.6. The highest BCUT2D eigenvalue weighted by Gasteiger charge is 2.01. The summed E-state index contributed by atoms with van der Waals surface area (Å²) in [6.45, 7) is 0.303. The van der Waals surface area contributed by atoms with Crippen LogP contribution in [-0.4, -0.2) is 9.97 Å². The van der Waals surface area contributed by atoms with E-state index in [-0.39, 0.29) is 11.6 Å². The molecule has 0 amide bonds. The summed E-state index contributed by atoms with van der Waals surface area (Å²) in [6.07, 6.45) is 2.84. The zero-order valence-corrected chi connectivity index (χ0v) is 8.43. The molecule has 1 aromatic carbocycles. The summed E-state index contributed by atoms with van der Waals surface area (Å²) in [5.41, 5.74) is 6.42. The number of nitrogens with two attached hydrogens (primary N) is 1. The van der Waals surface area contributed by atoms with Crippen LogP contribution in [0, 0.1) is 5.82 Å². The van der Waals surface area contributed by atoms with Crippen LogP contribution in [0.2, 0.25) is 0 Å². The summed E-state index contributed by atoms with van der Waals surface area (Å²) in [4.78, 5) is 7.58. The minimum absolute atomic E-state index is 0.272. The SMILES string of the molecule is Nc1ncncc1OCc1ccc(F)cc1. The second-order valence-electron chi connectivity index (χ2n) is 3.19. The molecular weight excluding hydrogens is 209 g/mol. The third-order valence-electron chi connectivity index (χ3n) is 2.02. The number of hydrogen-bond donors (Lipinski definition) is 1. The van der Waals surface area contributed by atoms with Gasteiger partial charge < -0.3 is 10.5 Å². The fourth-order valence-electron chi connectivity index (χ4n) is 1.18. The molecular formula is C11H10FN3O. The van der Waals surface area contributed by atoms with E-state index >= 15 is 0 Å². The van der Waals surface area contributed by atoms with Gasteiger partial charge >= 0.3 is 0 Å². The van der Waals surface area contributed by atoms with Gasteiger partial charge in [-0.25, -0.2) is 14.4 Å². The van der Waals surface area contributed by atoms with Crippen molar-refractivity contribution in [2.45, 2.75) is 6.61 Å². The molecule has 1 aromatic heterocycles. The second-order valence-corrected chi connectivity index (χ2v) is 3.19. The maximum atomic E-state index is 12.6. The highest BCUT2D eigenvalue weighted by Crippen LogP contribution is 2.17. The third kappa shape index (κ3) is 2.44. The topological polar surface area (TPSA) is 61.0 Å². The molecule has 5 heteroatoms. The predicted octanol–water partition coefficient (Wildman–Crippen LogP) is 1.78. The first-order valence-corrected chi connectivity index (χ1v) is 4.68. The molecule has 0 spiro atoms. The van der Waals surface area contributed by atoms with E-state index in [0.717, 1.165) is 5.56 Å². The van der Waals surface area contributed by atoms with Crippen LogP contribution in [0.4, 0.5) is 10.2 Å². The lowest BCUT2D eigenvalue weighted by atomic mass is 10.2. The summed E-state index contributed by atoms with van der Waals surface area (Å²) in [7, 11) is 0. The van der Waals surface area contributed by atoms with Crippen LogP contribution in [0.5, 0.6) is 5.75 Å². The Morgan fingerprint density at radius 3 is 2.69 bits per heavy atom. The van der Waals surface area contributed by atoms with E-state index < -0.39 is 0 Å². The molecule has 0 aliphatic carbocycles. The molecule has 0 radical (unpaired) electrons. The van der Waals surface area contributed by atoms with Gasteiger partial charge in [0.25, 0.3) is 0 Å². The van der Waals surface area contributed by atoms with E-state index in [4.69, 9.17) is 10.5 Å². The minimum atomic E-state index is -0.272. The van der Waals surface area contributed by atoms with Crippen molar-refractivity contribution in [3.8, 4) is 5.75 Å². The summed E-state index contributed by atoms with van der Waals surface area (Å²) in [5.74, 6) is 0.440. The smallest absolute Gasteiger partial charge is 0.180 e. The Kier molecular flexibility index (Phi) is 2.95. The van der Waals surface area contributed by atoms with Crippen molar-refractivity contribution < 1.29 is 9.13 Å². The molecule has 82 valence electrons. The lowest BCUT2D eigenvalue weighted by molar-refractivity contribution is 0.305. The molecule has 2 N–H and O–H groups in total. The molecule has 0 fully saturated rings. The van der Waals surface area contributed by atoms with Crippen molar-refractivity contribution in [1.82, 2.24) is 9.97 Å². The number of nitrogen functional groups attached to an aromatic ring is 1. The number of benzene rings is 1. The average molecular weight is 219 g/mol. The second kappa shape index (κ2) is 4.57. The normalized spacial score (nSPS) is 10.1. The molecule has 0 aliphatic heterocycles. The standard InChI is InChI=1S/C11H10FN3O/c12-9-3-1-8(2-4-9)6-16-10-5-14-7-15-11(10)13/h1-5,7H,6H2,(H2,13,14,15). The van der Waals surface area contributed by atoms with Gasteiger partial charge in [0.05, 0.1) is 6.20 Å². The number of halogens is 1. The first-order chi connectivity index (χ1) is 7.75. The molecule has 1 heterocycles. The quantitative estimate of drug-likeness (QED) is 0.854. The first-order valence-electron chi connectivity index (χ1n) is 4.68. The molecule has 0 bridgehead atoms. The van der Waals surface area contributed by atoms with Crippen LogP contribution < -0.4 is 10.5 Å². The number of aromatic nitrogens is 2. The summed E-state index contributed by atoms with van der Waals surface area (Å²) in [5, 5.41) is 0. The third-order valence-corrected chi connectivity index (χ3v) is 2.02. The van der Waals surface area contributed by atoms with Gasteiger partial charge in [0.15, 0.2) is 11.6 Å². The van der Waals surface area contributed by atoms with Crippen LogP contribution >= 0.6 is 0 Å². The Bertz CT molecular complexity index is 473. The van der Waals surface area contributed by atoms with Crippen molar-refractivity contribution in [3.63, 3.8) is 0 Å². The van der Waals surface area contributed by atoms with Crippen LogP contribution in [0.25, 0.3) is 0 Å². The van der Waals surface area contributed by atoms with E-state index in [1.807, 2.05) is 0 Å². The Labute approximate surface area is 91.9 Å². The van der Waals surface area contributed by atoms with Gasteiger partial charge in [-0.3, -0.25) is 0 Å². The van der Waals surface area contributed by atoms with E-state index in [1.165, 1.54) is 24.7 Å². The Morgan fingerprint density at radius 1 is 1.25 bits per heavy atom. The van der Waals surface area contributed by atoms with Gasteiger partial charge in [-0.1, -0.05) is 12.1 Å². The van der Waals surface area contributed by atoms with Crippen molar-refractivity contribution in [2.75, 3.05) is 5.73 Å². The summed E-state index contributed by atoms with van der Waals surface area (Å²) in [6, 6.07) is 6.05. The Morgan fingerprint density at radius 2 is 2.00 bits per heavy atom. The number of nitrogens with zero attached hydrogens (tertiary/aromatic N) is 2. The number of ether oxygens (including phenoxy) is 1. The highest BCUT2D eigenvalue weighted by atomic mass is 19.1. The molecule has 0 unspecified atom stereocenters. The highest BCUT2D eigenvalue weighted by molar-refractivity contribution is 5.42. The molecule has 2 aromatic rings. The lowest BCUT2D eigenvalue weighted by Crippen LogP contribution is -2.00. The predicted molar refractivity (Wildman–Crippen MR) is 57.2 cm³/mol. The monoisotopic (exact) mass is 219 g/mol. The fraction of sp³-hybridized carbons (Fsp3) is 0.0909. The average Bonchev–Trinajstić information content (AvgIpc) is 2.30. The van der Waals surface area contributed by atoms with Crippen molar-refractivity contribution in [3.05, 3.63) is 48.2 Å². The fourth-order valence-corrected chi connectivity index (χ4v) is 1.18. The van der Waals surface area contributed by atoms with E-state index in [9.17, 15) is 4.39 Å². The van der Waals surface area contributed by atoms with Crippen LogP contribution in [-0.2, 0) is 6.61 Å². The molecule has 0 atom stereocenters.